The predicted molar refractivity (Wildman–Crippen MR) is 20.4 cm³/mol. The van der Waals surface area contributed by atoms with Gasteiger partial charge in [0.25, 0.3) is 0 Å². The maximum Gasteiger partial charge on any atom is 0.162 e. The molecule has 0 saturated carbocycles. The van der Waals surface area contributed by atoms with Gasteiger partial charge in [-0.25, -0.2) is 0 Å². The minimum Gasteiger partial charge on any atom is -0.324 e. The predicted octanol–water partition coefficient (Wildman–Crippen LogP) is 0.346. The van der Waals surface area contributed by atoms with Crippen molar-refractivity contribution < 1.29 is 0 Å². The monoisotopic (exact) mass is 54.1 g/mol. The van der Waals surface area contributed by atoms with Gasteiger partial charge in [0.15, 0.2) is 7.28 Å². The summed E-state index contributed by atoms with van der Waals surface area (Å²) in [5.74, 6) is 0. The quantitative estimate of drug-likeness (QED) is 0.329. The van der Waals surface area contributed by atoms with E-state index >= 15 is 0 Å². The van der Waals surface area contributed by atoms with Crippen molar-refractivity contribution in [3.05, 3.63) is 0 Å². The van der Waals surface area contributed by atoms with E-state index in [-0.39, 0.29) is 0 Å². The molecular weight excluding hydrogens is 48.8 g/mol. The van der Waals surface area contributed by atoms with E-state index in [9.17, 15) is 0 Å². The molecule has 0 aliphatic carbocycles. The molecule has 0 aromatic carbocycles. The molecule has 1 N–H and O–H groups in total. The van der Waals surface area contributed by atoms with Crippen LogP contribution in [0, 0.1) is 5.41 Å². The van der Waals surface area contributed by atoms with Crippen molar-refractivity contribution in [1.29, 1.82) is 5.41 Å². The lowest BCUT2D eigenvalue weighted by Crippen LogP contribution is -1.74. The Labute approximate surface area is 26.8 Å². The normalized spacial score (nSPS) is 5.25. The highest BCUT2D eigenvalue weighted by Gasteiger charge is 1.54. The molecule has 0 spiro atoms. The van der Waals surface area contributed by atoms with E-state index in [1.54, 1.807) is 7.28 Å². The zero-order valence-corrected chi connectivity index (χ0v) is 2.65. The van der Waals surface area contributed by atoms with Gasteiger partial charge in [-0.3, -0.25) is 0 Å². The van der Waals surface area contributed by atoms with Crippen LogP contribution in [0.1, 0.15) is 0 Å². The molecule has 0 heterocycles. The molecule has 0 aliphatic rings. The lowest BCUT2D eigenvalue weighted by molar-refractivity contribution is 1.60. The Balaban J connectivity index is 2.30. The fraction of sp³-hybridized carbons (Fsp3) is 0.500. The molecule has 2 heteroatoms. The molecule has 0 unspecified atom stereocenters. The molecule has 0 aromatic rings. The molecule has 1 nitrogen and oxygen atoms in total. The molecular formula is C2H5BN. The highest BCUT2D eigenvalue weighted by atomic mass is 14.3. The second kappa shape index (κ2) is 2.73. The van der Waals surface area contributed by atoms with E-state index < -0.39 is 0 Å². The minimum atomic E-state index is 1.25. The first kappa shape index (κ1) is 3.73. The maximum atomic E-state index is 6.27. The van der Waals surface area contributed by atoms with Crippen LogP contribution in [0.4, 0.5) is 0 Å². The molecule has 0 rings (SSSR count). The molecule has 4 heavy (non-hydrogen) atoms. The van der Waals surface area contributed by atoms with E-state index in [2.05, 4.69) is 0 Å². The molecule has 0 aliphatic heterocycles. The summed E-state index contributed by atoms with van der Waals surface area (Å²) in [6, 6.07) is 0. The van der Waals surface area contributed by atoms with Gasteiger partial charge in [-0.1, -0.05) is 6.82 Å². The smallest absolute Gasteiger partial charge is 0.162 e. The van der Waals surface area contributed by atoms with Gasteiger partial charge in [-0.05, 0) is 6.11 Å². The van der Waals surface area contributed by atoms with E-state index in [1.165, 1.54) is 6.11 Å². The van der Waals surface area contributed by atoms with E-state index in [4.69, 9.17) is 5.41 Å². The van der Waals surface area contributed by atoms with Gasteiger partial charge in [0.1, 0.15) is 0 Å². The standard InChI is InChI=1S/C2H5BN/c1-3-2-4/h2,4H,1H3. The van der Waals surface area contributed by atoms with Crippen LogP contribution in [0.15, 0.2) is 0 Å². The van der Waals surface area contributed by atoms with Crippen LogP contribution < -0.4 is 0 Å². The van der Waals surface area contributed by atoms with E-state index in [0.29, 0.717) is 0 Å². The van der Waals surface area contributed by atoms with Crippen molar-refractivity contribution >= 4 is 13.4 Å². The topological polar surface area (TPSA) is 23.9 Å². The summed E-state index contributed by atoms with van der Waals surface area (Å²) in [5, 5.41) is 6.27. The third-order valence-electron chi connectivity index (χ3n) is 0.167. The first-order valence-corrected chi connectivity index (χ1v) is 1.20. The third kappa shape index (κ3) is 1.73. The summed E-state index contributed by atoms with van der Waals surface area (Å²) >= 11 is 0. The SMILES string of the molecule is C[B]C=N. The number of rotatable bonds is 1. The van der Waals surface area contributed by atoms with E-state index in [0.717, 1.165) is 0 Å². The number of hydrogen-bond donors (Lipinski definition) is 1. The van der Waals surface area contributed by atoms with Crippen molar-refractivity contribution in [2.24, 2.45) is 0 Å². The summed E-state index contributed by atoms with van der Waals surface area (Å²) < 4.78 is 0. The molecule has 21 valence electrons. The molecule has 0 bridgehead atoms. The average Bonchev–Trinajstić information content (AvgIpc) is 1.37. The Bertz CT molecular complexity index is 20.0. The second-order valence-corrected chi connectivity index (χ2v) is 0.500. The molecule has 0 amide bonds. The van der Waals surface area contributed by atoms with Crippen molar-refractivity contribution in [1.82, 2.24) is 0 Å². The van der Waals surface area contributed by atoms with Crippen molar-refractivity contribution in [3.63, 3.8) is 0 Å². The second-order valence-electron chi connectivity index (χ2n) is 0.500. The van der Waals surface area contributed by atoms with Crippen LogP contribution in [-0.2, 0) is 0 Å². The first-order valence-electron chi connectivity index (χ1n) is 1.20. The summed E-state index contributed by atoms with van der Waals surface area (Å²) in [5.41, 5.74) is 0. The fourth-order valence-electron chi connectivity index (χ4n) is 0. The van der Waals surface area contributed by atoms with Crippen molar-refractivity contribution in [2.45, 2.75) is 6.82 Å². The van der Waals surface area contributed by atoms with Gasteiger partial charge in [0.2, 0.25) is 0 Å². The largest absolute Gasteiger partial charge is 0.324 e. The summed E-state index contributed by atoms with van der Waals surface area (Å²) in [4.78, 5) is 0. The van der Waals surface area contributed by atoms with Crippen molar-refractivity contribution in [2.75, 3.05) is 0 Å². The Morgan fingerprint density at radius 1 is 2.00 bits per heavy atom. The van der Waals surface area contributed by atoms with Gasteiger partial charge < -0.3 is 5.41 Å². The Morgan fingerprint density at radius 2 is 2.25 bits per heavy atom. The van der Waals surface area contributed by atoms with Gasteiger partial charge in [-0.15, -0.1) is 0 Å². The summed E-state index contributed by atoms with van der Waals surface area (Å²) in [6.07, 6.45) is 1.25. The van der Waals surface area contributed by atoms with Gasteiger partial charge in [0, 0.05) is 0 Å². The highest BCUT2D eigenvalue weighted by molar-refractivity contribution is 6.65. The van der Waals surface area contributed by atoms with Crippen LogP contribution in [-0.4, -0.2) is 13.4 Å². The molecule has 0 aromatic heterocycles. The van der Waals surface area contributed by atoms with Crippen LogP contribution in [0.5, 0.6) is 0 Å². The van der Waals surface area contributed by atoms with Gasteiger partial charge in [0.05, 0.1) is 0 Å². The Morgan fingerprint density at radius 3 is 2.25 bits per heavy atom. The summed E-state index contributed by atoms with van der Waals surface area (Å²) in [6.45, 7) is 1.81. The maximum absolute atomic E-state index is 6.27. The molecule has 0 fully saturated rings. The number of hydrogen-bond acceptors (Lipinski definition) is 1. The van der Waals surface area contributed by atoms with Gasteiger partial charge in [-0.2, -0.15) is 0 Å². The van der Waals surface area contributed by atoms with Crippen molar-refractivity contribution in [3.8, 4) is 0 Å². The third-order valence-corrected chi connectivity index (χ3v) is 0.167. The van der Waals surface area contributed by atoms with Crippen LogP contribution >= 0.6 is 0 Å². The number of nitrogens with one attached hydrogen (secondary N) is 1. The first-order chi connectivity index (χ1) is 1.91. The molecule has 0 atom stereocenters. The fourth-order valence-corrected chi connectivity index (χ4v) is 0. The Kier molecular flexibility index (Phi) is 2.55. The van der Waals surface area contributed by atoms with Crippen LogP contribution in [0.3, 0.4) is 0 Å². The zero-order valence-electron chi connectivity index (χ0n) is 2.65. The summed E-state index contributed by atoms with van der Waals surface area (Å²) in [7, 11) is 1.67. The lowest BCUT2D eigenvalue weighted by atomic mass is 9.86. The lowest BCUT2D eigenvalue weighted by Gasteiger charge is -1.51. The van der Waals surface area contributed by atoms with Crippen LogP contribution in [0.25, 0.3) is 0 Å². The minimum absolute atomic E-state index is 1.25. The highest BCUT2D eigenvalue weighted by Crippen LogP contribution is 1.34. The van der Waals surface area contributed by atoms with E-state index in [1.807, 2.05) is 6.82 Å². The Hall–Kier alpha value is -0.265. The van der Waals surface area contributed by atoms with Gasteiger partial charge >= 0.3 is 0 Å². The average molecular weight is 53.9 g/mol. The van der Waals surface area contributed by atoms with Crippen LogP contribution in [0.2, 0.25) is 6.82 Å². The zero-order chi connectivity index (χ0) is 3.41. The molecule has 1 radical (unpaired) electrons. The molecule has 0 saturated heterocycles.